The van der Waals surface area contributed by atoms with Gasteiger partial charge in [-0.1, -0.05) is 19.9 Å². The third kappa shape index (κ3) is 2.81. The molecule has 0 aromatic rings. The summed E-state index contributed by atoms with van der Waals surface area (Å²) < 4.78 is 9.99. The van der Waals surface area contributed by atoms with Crippen molar-refractivity contribution in [2.45, 2.75) is 52.9 Å². The van der Waals surface area contributed by atoms with Crippen LogP contribution in [0.5, 0.6) is 0 Å². The second kappa shape index (κ2) is 6.67. The molecule has 0 spiro atoms. The predicted octanol–water partition coefficient (Wildman–Crippen LogP) is 3.38. The van der Waals surface area contributed by atoms with Crippen LogP contribution in [0.25, 0.3) is 0 Å². The lowest BCUT2D eigenvalue weighted by Crippen LogP contribution is -2.56. The maximum absolute atomic E-state index is 13.1. The Morgan fingerprint density at radius 3 is 2.69 bits per heavy atom. The van der Waals surface area contributed by atoms with Gasteiger partial charge in [0.25, 0.3) is 0 Å². The summed E-state index contributed by atoms with van der Waals surface area (Å²) >= 11 is 0. The van der Waals surface area contributed by atoms with E-state index >= 15 is 0 Å². The van der Waals surface area contributed by atoms with Gasteiger partial charge in [-0.25, -0.2) is 9.59 Å². The van der Waals surface area contributed by atoms with Crippen LogP contribution >= 0.6 is 0 Å². The van der Waals surface area contributed by atoms with Crippen molar-refractivity contribution in [1.29, 1.82) is 0 Å². The second-order valence-corrected chi connectivity index (χ2v) is 8.39. The van der Waals surface area contributed by atoms with Crippen molar-refractivity contribution in [1.82, 2.24) is 0 Å². The summed E-state index contributed by atoms with van der Waals surface area (Å²) in [6, 6.07) is 0. The maximum atomic E-state index is 13.1. The molecule has 1 aliphatic heterocycles. The molecule has 0 aromatic carbocycles. The molecule has 0 radical (unpaired) electrons. The first-order chi connectivity index (χ1) is 12.2. The number of hydrogen-bond acceptors (Lipinski definition) is 5. The molecule has 0 bridgehead atoms. The number of carbonyl (C=O) groups excluding carboxylic acids is 3. The normalized spacial score (nSPS) is 36.8. The Kier molecular flexibility index (Phi) is 4.84. The van der Waals surface area contributed by atoms with Crippen LogP contribution in [0.4, 0.5) is 0 Å². The highest BCUT2D eigenvalue weighted by atomic mass is 16.5. The van der Waals surface area contributed by atoms with Crippen LogP contribution in [0.1, 0.15) is 52.9 Å². The summed E-state index contributed by atoms with van der Waals surface area (Å²) in [5.41, 5.74) is 0.658. The van der Waals surface area contributed by atoms with Gasteiger partial charge in [0.2, 0.25) is 0 Å². The van der Waals surface area contributed by atoms with E-state index in [1.54, 1.807) is 6.08 Å². The van der Waals surface area contributed by atoms with Crippen molar-refractivity contribution in [2.75, 3.05) is 13.7 Å². The molecule has 5 heteroatoms. The van der Waals surface area contributed by atoms with E-state index < -0.39 is 5.41 Å². The zero-order valence-corrected chi connectivity index (χ0v) is 16.1. The molecule has 142 valence electrons. The van der Waals surface area contributed by atoms with Gasteiger partial charge in [0.05, 0.1) is 12.5 Å². The van der Waals surface area contributed by atoms with Crippen molar-refractivity contribution in [3.63, 3.8) is 0 Å². The third-order valence-electron chi connectivity index (χ3n) is 7.16. The monoisotopic (exact) mass is 360 g/mol. The summed E-state index contributed by atoms with van der Waals surface area (Å²) in [4.78, 5) is 36.7. The molecule has 1 saturated carbocycles. The molecule has 1 fully saturated rings. The molecule has 3 rings (SSSR count). The number of ether oxygens (including phenoxy) is 2. The quantitative estimate of drug-likeness (QED) is 0.719. The molecule has 0 N–H and O–H groups in total. The van der Waals surface area contributed by atoms with Crippen molar-refractivity contribution in [2.24, 2.45) is 22.7 Å². The van der Waals surface area contributed by atoms with Gasteiger partial charge in [-0.15, -0.1) is 0 Å². The Bertz CT molecular complexity index is 703. The zero-order valence-electron chi connectivity index (χ0n) is 16.1. The fourth-order valence-corrected chi connectivity index (χ4v) is 5.30. The van der Waals surface area contributed by atoms with Gasteiger partial charge in [0.15, 0.2) is 0 Å². The van der Waals surface area contributed by atoms with Crippen LogP contribution in [0.2, 0.25) is 0 Å². The Hall–Kier alpha value is -1.91. The van der Waals surface area contributed by atoms with Crippen molar-refractivity contribution in [3.8, 4) is 0 Å². The summed E-state index contributed by atoms with van der Waals surface area (Å²) in [6.45, 7) is 6.68. The Labute approximate surface area is 154 Å². The summed E-state index contributed by atoms with van der Waals surface area (Å²) in [5, 5.41) is 0. The summed E-state index contributed by atoms with van der Waals surface area (Å²) in [7, 11) is 1.37. The van der Waals surface area contributed by atoms with Crippen LogP contribution in [0.15, 0.2) is 23.3 Å². The Morgan fingerprint density at radius 2 is 2.08 bits per heavy atom. The molecule has 0 saturated heterocycles. The molecule has 0 amide bonds. The molecule has 0 aromatic heterocycles. The molecule has 2 aliphatic carbocycles. The lowest BCUT2D eigenvalue weighted by Gasteiger charge is -2.56. The fourth-order valence-electron chi connectivity index (χ4n) is 5.30. The molecule has 4 unspecified atom stereocenters. The minimum atomic E-state index is -0.789. The van der Waals surface area contributed by atoms with E-state index in [0.717, 1.165) is 31.3 Å². The first-order valence-electron chi connectivity index (χ1n) is 9.42. The van der Waals surface area contributed by atoms with E-state index in [1.807, 2.05) is 13.0 Å². The summed E-state index contributed by atoms with van der Waals surface area (Å²) in [5.74, 6) is -0.203. The molecular weight excluding hydrogens is 332 g/mol. The number of rotatable bonds is 4. The van der Waals surface area contributed by atoms with Crippen LogP contribution < -0.4 is 0 Å². The first-order valence-corrected chi connectivity index (χ1v) is 9.42. The number of esters is 2. The average Bonchev–Trinajstić information content (AvgIpc) is 3.03. The fraction of sp³-hybridized carbons (Fsp3) is 0.667. The van der Waals surface area contributed by atoms with E-state index in [0.29, 0.717) is 18.6 Å². The smallest absolute Gasteiger partial charge is 0.334 e. The molecule has 4 atom stereocenters. The van der Waals surface area contributed by atoms with E-state index in [9.17, 15) is 14.4 Å². The molecule has 5 nitrogen and oxygen atoms in total. The van der Waals surface area contributed by atoms with Gasteiger partial charge in [0, 0.05) is 18.1 Å². The number of hydrogen-bond donors (Lipinski definition) is 0. The standard InChI is InChI=1S/C21H28O5/c1-13-10-17(22)21(3)15(19(24)25-4)6-5-7-16(21)20(13,2)9-8-14-11-18(23)26-12-14/h6,11,13,16H,5,7-10,12H2,1-4H3. The van der Waals surface area contributed by atoms with Crippen molar-refractivity contribution in [3.05, 3.63) is 23.3 Å². The number of Topliss-reactive ketones (excluding diaryl/α,β-unsaturated/α-hetero) is 1. The van der Waals surface area contributed by atoms with Gasteiger partial charge in [0.1, 0.15) is 12.4 Å². The highest BCUT2D eigenvalue weighted by Crippen LogP contribution is 2.60. The topological polar surface area (TPSA) is 69.7 Å². The molecule has 3 aliphatic rings. The Balaban J connectivity index is 1.92. The van der Waals surface area contributed by atoms with E-state index in [1.165, 1.54) is 7.11 Å². The van der Waals surface area contributed by atoms with Crippen LogP contribution in [0.3, 0.4) is 0 Å². The number of cyclic esters (lactones) is 1. The van der Waals surface area contributed by atoms with E-state index in [2.05, 4.69) is 13.8 Å². The number of methoxy groups -OCH3 is 1. The molecule has 1 heterocycles. The van der Waals surface area contributed by atoms with Crippen LogP contribution in [-0.4, -0.2) is 31.4 Å². The zero-order chi connectivity index (χ0) is 19.1. The predicted molar refractivity (Wildman–Crippen MR) is 96.1 cm³/mol. The van der Waals surface area contributed by atoms with Crippen LogP contribution in [-0.2, 0) is 23.9 Å². The largest absolute Gasteiger partial charge is 0.466 e. The third-order valence-corrected chi connectivity index (χ3v) is 7.16. The first kappa shape index (κ1) is 18.9. The molecule has 26 heavy (non-hydrogen) atoms. The van der Waals surface area contributed by atoms with Gasteiger partial charge in [-0.2, -0.15) is 0 Å². The lowest BCUT2D eigenvalue weighted by molar-refractivity contribution is -0.152. The summed E-state index contributed by atoms with van der Waals surface area (Å²) in [6.07, 6.45) is 7.27. The van der Waals surface area contributed by atoms with E-state index in [4.69, 9.17) is 9.47 Å². The SMILES string of the molecule is COC(=O)C1=CCCC2C1(C)C(=O)CC(C)C2(C)CCC1=CC(=O)OC1. The van der Waals surface area contributed by atoms with Crippen LogP contribution in [0, 0.1) is 22.7 Å². The highest BCUT2D eigenvalue weighted by molar-refractivity contribution is 6.01. The van der Waals surface area contributed by atoms with Gasteiger partial charge in [-0.05, 0) is 55.4 Å². The Morgan fingerprint density at radius 1 is 1.35 bits per heavy atom. The minimum absolute atomic E-state index is 0.0870. The van der Waals surface area contributed by atoms with E-state index in [-0.39, 0.29) is 35.0 Å². The number of fused-ring (bicyclic) bond motifs is 1. The molecular formula is C21H28O5. The maximum Gasteiger partial charge on any atom is 0.334 e. The second-order valence-electron chi connectivity index (χ2n) is 8.39. The van der Waals surface area contributed by atoms with Crippen molar-refractivity contribution < 1.29 is 23.9 Å². The number of carbonyl (C=O) groups is 3. The van der Waals surface area contributed by atoms with Gasteiger partial charge in [-0.3, -0.25) is 4.79 Å². The number of allylic oxidation sites excluding steroid dienone is 1. The van der Waals surface area contributed by atoms with Gasteiger partial charge < -0.3 is 9.47 Å². The van der Waals surface area contributed by atoms with Gasteiger partial charge >= 0.3 is 11.9 Å². The average molecular weight is 360 g/mol. The minimum Gasteiger partial charge on any atom is -0.466 e. The number of ketones is 1. The van der Waals surface area contributed by atoms with Crippen molar-refractivity contribution >= 4 is 17.7 Å². The lowest BCUT2D eigenvalue weighted by atomic mass is 9.46. The highest BCUT2D eigenvalue weighted by Gasteiger charge is 2.59.